The average Bonchev–Trinajstić information content (AvgIpc) is 1.80. The van der Waals surface area contributed by atoms with E-state index in [9.17, 15) is 4.57 Å². The highest BCUT2D eigenvalue weighted by Crippen LogP contribution is 2.44. The lowest BCUT2D eigenvalue weighted by Gasteiger charge is -2.16. The van der Waals surface area contributed by atoms with Crippen LogP contribution in [0.15, 0.2) is 0 Å². The maximum atomic E-state index is 11.0. The van der Waals surface area contributed by atoms with Crippen molar-refractivity contribution in [1.29, 1.82) is 0 Å². The van der Waals surface area contributed by atoms with Crippen LogP contribution in [-0.4, -0.2) is 23.8 Å². The molecule has 0 aromatic rings. The van der Waals surface area contributed by atoms with Crippen molar-refractivity contribution in [3.05, 3.63) is 0 Å². The first kappa shape index (κ1) is 10.2. The van der Waals surface area contributed by atoms with Crippen molar-refractivity contribution in [2.24, 2.45) is 5.73 Å². The van der Waals surface area contributed by atoms with E-state index in [0.29, 0.717) is 13.0 Å². The zero-order valence-electron chi connectivity index (χ0n) is 6.58. The minimum atomic E-state index is -2.87. The minimum Gasteiger partial charge on any atom is -0.344 e. The summed E-state index contributed by atoms with van der Waals surface area (Å²) in [5.41, 5.74) is 5.17. The molecule has 3 N–H and O–H groups in total. The summed E-state index contributed by atoms with van der Waals surface area (Å²) in [7, 11) is -2.87. The van der Waals surface area contributed by atoms with Crippen molar-refractivity contribution < 1.29 is 9.46 Å². The van der Waals surface area contributed by atoms with Crippen LogP contribution in [0.25, 0.3) is 0 Å². The molecule has 0 saturated heterocycles. The molecule has 62 valence electrons. The van der Waals surface area contributed by atoms with Crippen LogP contribution in [0, 0.1) is 0 Å². The Morgan fingerprint density at radius 3 is 2.30 bits per heavy atom. The Balaban J connectivity index is 3.94. The summed E-state index contributed by atoms with van der Waals surface area (Å²) in [5.74, 6) is 0. The van der Waals surface area contributed by atoms with E-state index >= 15 is 0 Å². The van der Waals surface area contributed by atoms with Gasteiger partial charge in [0, 0.05) is 12.3 Å². The van der Waals surface area contributed by atoms with Gasteiger partial charge in [0.25, 0.3) is 0 Å². The van der Waals surface area contributed by atoms with Gasteiger partial charge in [0.2, 0.25) is 7.37 Å². The van der Waals surface area contributed by atoms with E-state index in [1.165, 1.54) is 6.66 Å². The standard InChI is InChI=1S/C6H16NO2P/c1-3-6(4-5-7)10(2,8)9/h6H,3-5,7H2,1-2H3,(H,8,9)/t6-/m1/s1. The summed E-state index contributed by atoms with van der Waals surface area (Å²) in [6, 6.07) is 0. The van der Waals surface area contributed by atoms with Gasteiger partial charge >= 0.3 is 0 Å². The van der Waals surface area contributed by atoms with Crippen LogP contribution in [-0.2, 0) is 4.57 Å². The van der Waals surface area contributed by atoms with Crippen molar-refractivity contribution >= 4 is 7.37 Å². The van der Waals surface area contributed by atoms with Crippen LogP contribution < -0.4 is 5.73 Å². The van der Waals surface area contributed by atoms with Gasteiger partial charge in [-0.1, -0.05) is 6.92 Å². The Bertz CT molecular complexity index is 132. The smallest absolute Gasteiger partial charge is 0.200 e. The quantitative estimate of drug-likeness (QED) is 0.611. The topological polar surface area (TPSA) is 63.3 Å². The number of nitrogens with two attached hydrogens (primary N) is 1. The zero-order valence-corrected chi connectivity index (χ0v) is 7.47. The van der Waals surface area contributed by atoms with E-state index in [-0.39, 0.29) is 5.66 Å². The lowest BCUT2D eigenvalue weighted by Crippen LogP contribution is -2.12. The second kappa shape index (κ2) is 4.12. The van der Waals surface area contributed by atoms with E-state index in [0.717, 1.165) is 6.42 Å². The molecule has 0 aliphatic carbocycles. The predicted molar refractivity (Wildman–Crippen MR) is 43.5 cm³/mol. The van der Waals surface area contributed by atoms with Gasteiger partial charge in [-0.2, -0.15) is 0 Å². The number of rotatable bonds is 4. The second-order valence-electron chi connectivity index (χ2n) is 2.58. The number of hydrogen-bond donors (Lipinski definition) is 2. The normalized spacial score (nSPS) is 20.0. The fraction of sp³-hybridized carbons (Fsp3) is 1.00. The molecule has 0 aliphatic heterocycles. The molecule has 1 unspecified atom stereocenters. The van der Waals surface area contributed by atoms with Gasteiger partial charge in [-0.3, -0.25) is 4.57 Å². The van der Waals surface area contributed by atoms with Gasteiger partial charge in [0.05, 0.1) is 0 Å². The Morgan fingerprint density at radius 2 is 2.20 bits per heavy atom. The summed E-state index contributed by atoms with van der Waals surface area (Å²) < 4.78 is 11.0. The molecule has 0 heterocycles. The molecule has 0 aliphatic rings. The van der Waals surface area contributed by atoms with Crippen LogP contribution in [0.4, 0.5) is 0 Å². The zero-order chi connectivity index (χ0) is 8.20. The van der Waals surface area contributed by atoms with E-state index in [1.54, 1.807) is 0 Å². The van der Waals surface area contributed by atoms with E-state index < -0.39 is 7.37 Å². The molecule has 0 bridgehead atoms. The summed E-state index contributed by atoms with van der Waals surface area (Å²) in [6.07, 6.45) is 1.39. The summed E-state index contributed by atoms with van der Waals surface area (Å²) in [5, 5.41) is 0. The summed E-state index contributed by atoms with van der Waals surface area (Å²) in [6.45, 7) is 3.81. The SMILES string of the molecule is CC[C@H](CCN)P(C)(=O)O. The molecule has 0 aromatic carbocycles. The average molecular weight is 165 g/mol. The summed E-state index contributed by atoms with van der Waals surface area (Å²) in [4.78, 5) is 9.11. The molecule has 0 amide bonds. The van der Waals surface area contributed by atoms with Crippen LogP contribution in [0.1, 0.15) is 19.8 Å². The minimum absolute atomic E-state index is 0.0995. The maximum absolute atomic E-state index is 11.0. The lowest BCUT2D eigenvalue weighted by atomic mass is 10.2. The highest BCUT2D eigenvalue weighted by Gasteiger charge is 2.22. The highest BCUT2D eigenvalue weighted by molar-refractivity contribution is 7.57. The van der Waals surface area contributed by atoms with Crippen LogP contribution in [0.3, 0.4) is 0 Å². The van der Waals surface area contributed by atoms with E-state index in [1.807, 2.05) is 6.92 Å². The fourth-order valence-corrected chi connectivity index (χ4v) is 2.28. The van der Waals surface area contributed by atoms with Crippen LogP contribution >= 0.6 is 7.37 Å². The van der Waals surface area contributed by atoms with E-state index in [4.69, 9.17) is 10.6 Å². The highest BCUT2D eigenvalue weighted by atomic mass is 31.2. The molecule has 10 heavy (non-hydrogen) atoms. The molecule has 2 atom stereocenters. The molecule has 0 spiro atoms. The van der Waals surface area contributed by atoms with Gasteiger partial charge in [-0.25, -0.2) is 0 Å². The van der Waals surface area contributed by atoms with Crippen LogP contribution in [0.2, 0.25) is 0 Å². The first-order valence-corrected chi connectivity index (χ1v) is 5.70. The predicted octanol–water partition coefficient (Wildman–Crippen LogP) is 1.01. The van der Waals surface area contributed by atoms with Gasteiger partial charge in [0.1, 0.15) is 0 Å². The van der Waals surface area contributed by atoms with Crippen molar-refractivity contribution in [3.63, 3.8) is 0 Å². The molecule has 3 nitrogen and oxygen atoms in total. The van der Waals surface area contributed by atoms with Crippen LogP contribution in [0.5, 0.6) is 0 Å². The van der Waals surface area contributed by atoms with Gasteiger partial charge in [-0.15, -0.1) is 0 Å². The summed E-state index contributed by atoms with van der Waals surface area (Å²) >= 11 is 0. The molecule has 0 radical (unpaired) electrons. The van der Waals surface area contributed by atoms with Gasteiger partial charge in [-0.05, 0) is 19.4 Å². The third kappa shape index (κ3) is 3.35. The van der Waals surface area contributed by atoms with Gasteiger partial charge in [0.15, 0.2) is 0 Å². The Labute approximate surface area is 62.1 Å². The monoisotopic (exact) mass is 165 g/mol. The Kier molecular flexibility index (Phi) is 4.18. The maximum Gasteiger partial charge on any atom is 0.200 e. The molecular weight excluding hydrogens is 149 g/mol. The molecule has 0 saturated carbocycles. The van der Waals surface area contributed by atoms with E-state index in [2.05, 4.69) is 0 Å². The third-order valence-corrected chi connectivity index (χ3v) is 3.63. The fourth-order valence-electron chi connectivity index (χ4n) is 0.975. The molecule has 0 fully saturated rings. The Hall–Kier alpha value is 0.150. The lowest BCUT2D eigenvalue weighted by molar-refractivity contribution is 0.462. The third-order valence-electron chi connectivity index (χ3n) is 1.65. The molecule has 0 aromatic heterocycles. The van der Waals surface area contributed by atoms with Crippen molar-refractivity contribution in [1.82, 2.24) is 0 Å². The molecule has 4 heteroatoms. The van der Waals surface area contributed by atoms with Crippen molar-refractivity contribution in [3.8, 4) is 0 Å². The molecular formula is C6H16NO2P. The van der Waals surface area contributed by atoms with Crippen molar-refractivity contribution in [2.75, 3.05) is 13.2 Å². The van der Waals surface area contributed by atoms with Crippen molar-refractivity contribution in [2.45, 2.75) is 25.4 Å². The largest absolute Gasteiger partial charge is 0.344 e. The second-order valence-corrected chi connectivity index (χ2v) is 5.20. The Morgan fingerprint density at radius 1 is 1.70 bits per heavy atom. The first-order valence-electron chi connectivity index (χ1n) is 3.52. The number of hydrogen-bond acceptors (Lipinski definition) is 2. The molecule has 0 rings (SSSR count). The first-order chi connectivity index (χ1) is 4.52. The van der Waals surface area contributed by atoms with Gasteiger partial charge < -0.3 is 10.6 Å².